The summed E-state index contributed by atoms with van der Waals surface area (Å²) in [4.78, 5) is 41.5. The standard InChI is InChI=1S/C19H13N3O6/c1-26-14-9-5-4-8-13(14)17-21-20-15(27-17)10-16(23)28-22-18(24)11-6-2-3-7-12(11)19(22)25/h2-9H,10H2,1H3. The van der Waals surface area contributed by atoms with Crippen molar-refractivity contribution in [3.63, 3.8) is 0 Å². The number of ether oxygens (including phenoxy) is 1. The van der Waals surface area contributed by atoms with Crippen molar-refractivity contribution in [1.29, 1.82) is 0 Å². The van der Waals surface area contributed by atoms with Crippen LogP contribution in [0.5, 0.6) is 5.75 Å². The molecule has 2 heterocycles. The van der Waals surface area contributed by atoms with Crippen LogP contribution in [0.1, 0.15) is 26.6 Å². The molecule has 2 aromatic carbocycles. The third-order valence-electron chi connectivity index (χ3n) is 4.05. The summed E-state index contributed by atoms with van der Waals surface area (Å²) in [5.74, 6) is -1.61. The fourth-order valence-electron chi connectivity index (χ4n) is 2.76. The number of carbonyl (C=O) groups is 3. The summed E-state index contributed by atoms with van der Waals surface area (Å²) >= 11 is 0. The molecular weight excluding hydrogens is 366 g/mol. The minimum atomic E-state index is -0.885. The van der Waals surface area contributed by atoms with Gasteiger partial charge in [0.05, 0.1) is 23.8 Å². The maximum absolute atomic E-state index is 12.2. The first-order valence-corrected chi connectivity index (χ1v) is 8.23. The summed E-state index contributed by atoms with van der Waals surface area (Å²) in [6.07, 6.45) is -0.407. The molecule has 1 aliphatic rings. The van der Waals surface area contributed by atoms with Crippen LogP contribution in [0, 0.1) is 0 Å². The van der Waals surface area contributed by atoms with Crippen molar-refractivity contribution >= 4 is 17.8 Å². The summed E-state index contributed by atoms with van der Waals surface area (Å²) in [6, 6.07) is 13.2. The Hall–Kier alpha value is -4.01. The molecule has 9 nitrogen and oxygen atoms in total. The molecule has 0 bridgehead atoms. The second kappa shape index (κ2) is 6.95. The summed E-state index contributed by atoms with van der Waals surface area (Å²) < 4.78 is 10.7. The number of amides is 2. The topological polar surface area (TPSA) is 112 Å². The zero-order valence-electron chi connectivity index (χ0n) is 14.6. The molecule has 28 heavy (non-hydrogen) atoms. The van der Waals surface area contributed by atoms with Crippen molar-refractivity contribution in [2.75, 3.05) is 7.11 Å². The lowest BCUT2D eigenvalue weighted by atomic mass is 10.1. The average Bonchev–Trinajstić information content (AvgIpc) is 3.27. The second-order valence-corrected chi connectivity index (χ2v) is 5.79. The molecule has 0 saturated carbocycles. The van der Waals surface area contributed by atoms with E-state index in [-0.39, 0.29) is 22.9 Å². The van der Waals surface area contributed by atoms with E-state index in [1.807, 2.05) is 0 Å². The number of hydroxylamine groups is 2. The Morgan fingerprint density at radius 2 is 1.57 bits per heavy atom. The van der Waals surface area contributed by atoms with Gasteiger partial charge in [-0.25, -0.2) is 4.79 Å². The van der Waals surface area contributed by atoms with E-state index in [1.165, 1.54) is 19.2 Å². The van der Waals surface area contributed by atoms with Crippen LogP contribution in [0.15, 0.2) is 52.9 Å². The van der Waals surface area contributed by atoms with Gasteiger partial charge in [0.2, 0.25) is 5.89 Å². The zero-order chi connectivity index (χ0) is 19.7. The molecule has 3 aromatic rings. The Morgan fingerprint density at radius 1 is 0.964 bits per heavy atom. The van der Waals surface area contributed by atoms with Gasteiger partial charge in [-0.05, 0) is 24.3 Å². The number of rotatable bonds is 5. The molecule has 2 amide bonds. The summed E-state index contributed by atoms with van der Waals surface area (Å²) in [5, 5.41) is 8.12. The number of nitrogens with zero attached hydrogens (tertiary/aromatic N) is 3. The van der Waals surface area contributed by atoms with E-state index in [4.69, 9.17) is 14.0 Å². The molecule has 0 spiro atoms. The third-order valence-corrected chi connectivity index (χ3v) is 4.05. The van der Waals surface area contributed by atoms with Crippen LogP contribution >= 0.6 is 0 Å². The van der Waals surface area contributed by atoms with Gasteiger partial charge in [0, 0.05) is 0 Å². The van der Waals surface area contributed by atoms with E-state index >= 15 is 0 Å². The number of hydrogen-bond donors (Lipinski definition) is 0. The molecule has 1 aliphatic heterocycles. The number of imide groups is 1. The normalized spacial score (nSPS) is 12.8. The minimum Gasteiger partial charge on any atom is -0.496 e. The van der Waals surface area contributed by atoms with Gasteiger partial charge in [-0.2, -0.15) is 0 Å². The van der Waals surface area contributed by atoms with Gasteiger partial charge in [-0.1, -0.05) is 29.3 Å². The number of carbonyl (C=O) groups excluding carboxylic acids is 3. The van der Waals surface area contributed by atoms with Crippen molar-refractivity contribution in [1.82, 2.24) is 15.3 Å². The summed E-state index contributed by atoms with van der Waals surface area (Å²) in [7, 11) is 1.51. The highest BCUT2D eigenvalue weighted by atomic mass is 16.7. The number of aromatic nitrogens is 2. The van der Waals surface area contributed by atoms with Crippen molar-refractivity contribution in [2.24, 2.45) is 0 Å². The van der Waals surface area contributed by atoms with Crippen molar-refractivity contribution in [3.8, 4) is 17.2 Å². The molecule has 1 aromatic heterocycles. The molecule has 0 radical (unpaired) electrons. The summed E-state index contributed by atoms with van der Waals surface area (Å²) in [5.41, 5.74) is 0.922. The first-order chi connectivity index (χ1) is 13.6. The van der Waals surface area contributed by atoms with Crippen molar-refractivity contribution in [3.05, 3.63) is 65.5 Å². The molecular formula is C19H13N3O6. The van der Waals surface area contributed by atoms with Crippen LogP contribution in [0.3, 0.4) is 0 Å². The van der Waals surface area contributed by atoms with E-state index in [0.29, 0.717) is 16.4 Å². The monoisotopic (exact) mass is 379 g/mol. The Balaban J connectivity index is 1.46. The van der Waals surface area contributed by atoms with Gasteiger partial charge < -0.3 is 14.0 Å². The Bertz CT molecular complexity index is 1060. The fraction of sp³-hybridized carbons (Fsp3) is 0.105. The second-order valence-electron chi connectivity index (χ2n) is 5.79. The van der Waals surface area contributed by atoms with Crippen LogP contribution in [-0.4, -0.2) is 40.2 Å². The molecule has 0 N–H and O–H groups in total. The van der Waals surface area contributed by atoms with Crippen LogP contribution in [0.4, 0.5) is 0 Å². The maximum Gasteiger partial charge on any atom is 0.342 e. The number of methoxy groups -OCH3 is 1. The number of fused-ring (bicyclic) bond motifs is 1. The van der Waals surface area contributed by atoms with Gasteiger partial charge in [0.15, 0.2) is 0 Å². The van der Waals surface area contributed by atoms with Gasteiger partial charge in [-0.3, -0.25) is 9.59 Å². The third kappa shape index (κ3) is 2.98. The van der Waals surface area contributed by atoms with E-state index in [9.17, 15) is 14.4 Å². The van der Waals surface area contributed by atoms with Gasteiger partial charge in [0.1, 0.15) is 12.2 Å². The number of benzene rings is 2. The largest absolute Gasteiger partial charge is 0.496 e. The fourth-order valence-corrected chi connectivity index (χ4v) is 2.76. The predicted octanol–water partition coefficient (Wildman–Crippen LogP) is 2.04. The zero-order valence-corrected chi connectivity index (χ0v) is 14.6. The van der Waals surface area contributed by atoms with Crippen LogP contribution < -0.4 is 4.74 Å². The Labute approximate surface area is 158 Å². The van der Waals surface area contributed by atoms with E-state index in [1.54, 1.807) is 36.4 Å². The lowest BCUT2D eigenvalue weighted by molar-refractivity contribution is -0.168. The van der Waals surface area contributed by atoms with E-state index in [2.05, 4.69) is 10.2 Å². The van der Waals surface area contributed by atoms with Gasteiger partial charge in [-0.15, -0.1) is 10.2 Å². The Kier molecular flexibility index (Phi) is 4.32. The first-order valence-electron chi connectivity index (χ1n) is 8.23. The molecule has 140 valence electrons. The van der Waals surface area contributed by atoms with E-state index in [0.717, 1.165) is 0 Å². The van der Waals surface area contributed by atoms with Gasteiger partial charge >= 0.3 is 5.97 Å². The molecule has 0 fully saturated rings. The lowest BCUT2D eigenvalue weighted by Gasteiger charge is -2.11. The predicted molar refractivity (Wildman–Crippen MR) is 93.0 cm³/mol. The van der Waals surface area contributed by atoms with Gasteiger partial charge in [0.25, 0.3) is 17.7 Å². The molecule has 0 atom stereocenters. The van der Waals surface area contributed by atoms with Crippen molar-refractivity contribution in [2.45, 2.75) is 6.42 Å². The maximum atomic E-state index is 12.2. The van der Waals surface area contributed by atoms with Crippen LogP contribution in [0.2, 0.25) is 0 Å². The molecule has 0 saturated heterocycles. The van der Waals surface area contributed by atoms with Crippen molar-refractivity contribution < 1.29 is 28.4 Å². The number of hydrogen-bond acceptors (Lipinski definition) is 8. The highest BCUT2D eigenvalue weighted by Gasteiger charge is 2.38. The van der Waals surface area contributed by atoms with Crippen LogP contribution in [0.25, 0.3) is 11.5 Å². The average molecular weight is 379 g/mol. The molecule has 0 aliphatic carbocycles. The summed E-state index contributed by atoms with van der Waals surface area (Å²) in [6.45, 7) is 0. The number of para-hydroxylation sites is 1. The molecule has 4 rings (SSSR count). The lowest BCUT2D eigenvalue weighted by Crippen LogP contribution is -2.33. The molecule has 9 heteroatoms. The smallest absolute Gasteiger partial charge is 0.342 e. The minimum absolute atomic E-state index is 0.0254. The van der Waals surface area contributed by atoms with E-state index < -0.39 is 24.2 Å². The highest BCUT2D eigenvalue weighted by molar-refractivity contribution is 6.20. The Morgan fingerprint density at radius 3 is 2.21 bits per heavy atom. The SMILES string of the molecule is COc1ccccc1-c1nnc(CC(=O)ON2C(=O)c3ccccc3C2=O)o1. The highest BCUT2D eigenvalue weighted by Crippen LogP contribution is 2.28. The molecule has 0 unspecified atom stereocenters. The quantitative estimate of drug-likeness (QED) is 0.619. The first kappa shape index (κ1) is 17.4. The van der Waals surface area contributed by atoms with Crippen LogP contribution in [-0.2, 0) is 16.1 Å².